The molecule has 0 aliphatic heterocycles. The molecule has 9 heteroatoms. The summed E-state index contributed by atoms with van der Waals surface area (Å²) in [6.45, 7) is 1.66. The second kappa shape index (κ2) is 8.30. The highest BCUT2D eigenvalue weighted by atomic mass is 19.3. The number of benzene rings is 2. The Labute approximate surface area is 181 Å². The molecule has 32 heavy (non-hydrogen) atoms. The zero-order valence-electron chi connectivity index (χ0n) is 17.5. The first kappa shape index (κ1) is 21.3. The van der Waals surface area contributed by atoms with E-state index in [1.807, 2.05) is 0 Å². The minimum absolute atomic E-state index is 0.0891. The Morgan fingerprint density at radius 3 is 2.44 bits per heavy atom. The number of aromatic nitrogens is 2. The van der Waals surface area contributed by atoms with Crippen LogP contribution in [0.15, 0.2) is 42.6 Å². The first-order chi connectivity index (χ1) is 15.4. The summed E-state index contributed by atoms with van der Waals surface area (Å²) in [5.74, 6) is 0.358. The number of anilines is 1. The number of ether oxygens (including phenoxy) is 2. The number of nitrogens with zero attached hydrogens (tertiary/aromatic N) is 3. The molecule has 164 valence electrons. The van der Waals surface area contributed by atoms with Gasteiger partial charge < -0.3 is 14.8 Å². The SMILES string of the molecule is COc1cc2c(N[C@H](C)c3cccc(C(F)F)c3F)nc3cc(C#N)cn3c2cc1OC. The number of methoxy groups -OCH3 is 2. The van der Waals surface area contributed by atoms with Gasteiger partial charge in [-0.05, 0) is 13.0 Å². The van der Waals surface area contributed by atoms with E-state index in [1.54, 1.807) is 35.7 Å². The number of nitrogens with one attached hydrogen (secondary N) is 1. The quantitative estimate of drug-likeness (QED) is 0.421. The second-order valence-corrected chi connectivity index (χ2v) is 7.17. The zero-order chi connectivity index (χ0) is 23.0. The molecule has 2 aromatic heterocycles. The topological polar surface area (TPSA) is 71.6 Å². The Kier molecular flexibility index (Phi) is 5.53. The summed E-state index contributed by atoms with van der Waals surface area (Å²) in [6.07, 6.45) is -1.27. The Hall–Kier alpha value is -3.93. The Balaban J connectivity index is 1.89. The molecule has 2 aromatic carbocycles. The molecule has 4 aromatic rings. The summed E-state index contributed by atoms with van der Waals surface area (Å²) in [4.78, 5) is 4.59. The van der Waals surface area contributed by atoms with Gasteiger partial charge in [-0.25, -0.2) is 18.2 Å². The van der Waals surface area contributed by atoms with Crippen molar-refractivity contribution in [3.8, 4) is 17.6 Å². The third kappa shape index (κ3) is 3.54. The monoisotopic (exact) mass is 440 g/mol. The third-order valence-corrected chi connectivity index (χ3v) is 5.28. The van der Waals surface area contributed by atoms with E-state index < -0.39 is 23.8 Å². The summed E-state index contributed by atoms with van der Waals surface area (Å²) < 4.78 is 53.5. The lowest BCUT2D eigenvalue weighted by molar-refractivity contribution is 0.146. The first-order valence-electron chi connectivity index (χ1n) is 9.68. The van der Waals surface area contributed by atoms with E-state index in [9.17, 15) is 18.4 Å². The van der Waals surface area contributed by atoms with Gasteiger partial charge in [0, 0.05) is 29.3 Å². The maximum Gasteiger partial charge on any atom is 0.266 e. The maximum atomic E-state index is 14.7. The second-order valence-electron chi connectivity index (χ2n) is 7.17. The van der Waals surface area contributed by atoms with Crippen LogP contribution < -0.4 is 14.8 Å². The summed E-state index contributed by atoms with van der Waals surface area (Å²) in [6, 6.07) is 10.4. The van der Waals surface area contributed by atoms with Crippen LogP contribution in [-0.4, -0.2) is 23.6 Å². The lowest BCUT2D eigenvalue weighted by Gasteiger charge is -2.19. The van der Waals surface area contributed by atoms with Crippen LogP contribution in [0.1, 0.15) is 36.1 Å². The van der Waals surface area contributed by atoms with Gasteiger partial charge in [0.25, 0.3) is 6.43 Å². The summed E-state index contributed by atoms with van der Waals surface area (Å²) in [7, 11) is 3.01. The molecule has 0 spiro atoms. The lowest BCUT2D eigenvalue weighted by Crippen LogP contribution is -2.12. The highest BCUT2D eigenvalue weighted by Gasteiger charge is 2.21. The number of alkyl halides is 2. The summed E-state index contributed by atoms with van der Waals surface area (Å²) in [5, 5.41) is 13.0. The van der Waals surface area contributed by atoms with Gasteiger partial charge in [0.15, 0.2) is 11.5 Å². The van der Waals surface area contributed by atoms with Crippen molar-refractivity contribution >= 4 is 22.4 Å². The van der Waals surface area contributed by atoms with Crippen molar-refractivity contribution in [2.24, 2.45) is 0 Å². The van der Waals surface area contributed by atoms with Gasteiger partial charge in [-0.2, -0.15) is 5.26 Å². The number of rotatable bonds is 6. The van der Waals surface area contributed by atoms with Crippen molar-refractivity contribution in [3.05, 3.63) is 65.1 Å². The maximum absolute atomic E-state index is 14.7. The summed E-state index contributed by atoms with van der Waals surface area (Å²) >= 11 is 0. The van der Waals surface area contributed by atoms with Crippen molar-refractivity contribution in [1.82, 2.24) is 9.38 Å². The number of fused-ring (bicyclic) bond motifs is 3. The van der Waals surface area contributed by atoms with Crippen molar-refractivity contribution in [3.63, 3.8) is 0 Å². The molecule has 0 radical (unpaired) electrons. The predicted octanol–water partition coefficient (Wildman–Crippen LogP) is 5.63. The number of hydrogen-bond acceptors (Lipinski definition) is 5. The largest absolute Gasteiger partial charge is 0.493 e. The molecule has 2 heterocycles. The minimum atomic E-state index is -2.92. The first-order valence-corrected chi connectivity index (χ1v) is 9.68. The fraction of sp³-hybridized carbons (Fsp3) is 0.217. The molecular weight excluding hydrogens is 421 g/mol. The molecule has 0 saturated heterocycles. The average molecular weight is 440 g/mol. The minimum Gasteiger partial charge on any atom is -0.493 e. The Bertz CT molecular complexity index is 1360. The van der Waals surface area contributed by atoms with E-state index in [2.05, 4.69) is 16.4 Å². The predicted molar refractivity (Wildman–Crippen MR) is 114 cm³/mol. The number of halogens is 3. The van der Waals surface area contributed by atoms with Gasteiger partial charge in [0.2, 0.25) is 0 Å². The molecule has 0 aliphatic carbocycles. The smallest absolute Gasteiger partial charge is 0.266 e. The highest BCUT2D eigenvalue weighted by Crippen LogP contribution is 2.37. The van der Waals surface area contributed by atoms with E-state index >= 15 is 0 Å². The molecule has 0 bridgehead atoms. The molecule has 0 amide bonds. The van der Waals surface area contributed by atoms with E-state index in [-0.39, 0.29) is 5.56 Å². The van der Waals surface area contributed by atoms with Crippen LogP contribution in [0, 0.1) is 17.1 Å². The van der Waals surface area contributed by atoms with Crippen molar-refractivity contribution in [2.45, 2.75) is 19.4 Å². The zero-order valence-corrected chi connectivity index (χ0v) is 17.5. The van der Waals surface area contributed by atoms with Gasteiger partial charge >= 0.3 is 0 Å². The van der Waals surface area contributed by atoms with E-state index in [0.29, 0.717) is 39.4 Å². The third-order valence-electron chi connectivity index (χ3n) is 5.28. The molecule has 4 rings (SSSR count). The van der Waals surface area contributed by atoms with Crippen LogP contribution in [0.4, 0.5) is 19.0 Å². The fourth-order valence-corrected chi connectivity index (χ4v) is 3.69. The number of nitriles is 1. The van der Waals surface area contributed by atoms with E-state index in [0.717, 1.165) is 6.07 Å². The van der Waals surface area contributed by atoms with Crippen LogP contribution in [-0.2, 0) is 0 Å². The standard InChI is InChI=1S/C23H19F3N4O2/c1-12(14-5-4-6-15(21(14)24)22(25)26)28-23-16-8-18(31-2)19(32-3)9-17(16)30-11-13(10-27)7-20(30)29-23/h4-9,11-12,22H,1-3H3,(H,28,29)/t12-/m1/s1. The Morgan fingerprint density at radius 2 is 1.78 bits per heavy atom. The van der Waals surface area contributed by atoms with Gasteiger partial charge in [0.05, 0.1) is 36.9 Å². The molecule has 0 aliphatic rings. The highest BCUT2D eigenvalue weighted by molar-refractivity contribution is 5.94. The van der Waals surface area contributed by atoms with E-state index in [1.165, 1.54) is 26.4 Å². The Morgan fingerprint density at radius 1 is 1.09 bits per heavy atom. The average Bonchev–Trinajstić information content (AvgIpc) is 3.21. The van der Waals surface area contributed by atoms with Gasteiger partial charge in [-0.15, -0.1) is 0 Å². The fourth-order valence-electron chi connectivity index (χ4n) is 3.69. The normalized spacial score (nSPS) is 12.2. The van der Waals surface area contributed by atoms with Crippen molar-refractivity contribution in [1.29, 1.82) is 5.26 Å². The van der Waals surface area contributed by atoms with Crippen LogP contribution in [0.5, 0.6) is 11.5 Å². The summed E-state index contributed by atoms with van der Waals surface area (Å²) in [5.41, 5.74) is 1.00. The molecular formula is C23H19F3N4O2. The van der Waals surface area contributed by atoms with Crippen LogP contribution >= 0.6 is 0 Å². The number of hydrogen-bond donors (Lipinski definition) is 1. The van der Waals surface area contributed by atoms with Gasteiger partial charge in [-0.1, -0.05) is 18.2 Å². The van der Waals surface area contributed by atoms with Gasteiger partial charge in [-0.3, -0.25) is 4.40 Å². The van der Waals surface area contributed by atoms with Crippen LogP contribution in [0.2, 0.25) is 0 Å². The lowest BCUT2D eigenvalue weighted by atomic mass is 10.0. The van der Waals surface area contributed by atoms with Crippen LogP contribution in [0.3, 0.4) is 0 Å². The van der Waals surface area contributed by atoms with Crippen LogP contribution in [0.25, 0.3) is 16.6 Å². The van der Waals surface area contributed by atoms with Crippen molar-refractivity contribution in [2.75, 3.05) is 19.5 Å². The van der Waals surface area contributed by atoms with Crippen molar-refractivity contribution < 1.29 is 22.6 Å². The molecule has 0 fully saturated rings. The van der Waals surface area contributed by atoms with Gasteiger partial charge in [0.1, 0.15) is 23.4 Å². The molecule has 1 atom stereocenters. The molecule has 0 unspecified atom stereocenters. The molecule has 6 nitrogen and oxygen atoms in total. The molecule has 0 saturated carbocycles. The van der Waals surface area contributed by atoms with E-state index in [4.69, 9.17) is 9.47 Å². The molecule has 1 N–H and O–H groups in total.